The molecule has 0 spiro atoms. The van der Waals surface area contributed by atoms with Gasteiger partial charge in [0.2, 0.25) is 0 Å². The summed E-state index contributed by atoms with van der Waals surface area (Å²) in [7, 11) is 1.66. The molecule has 1 aromatic heterocycles. The first-order valence-corrected chi connectivity index (χ1v) is 14.5. The maximum Gasteiger partial charge on any atom is 0.263 e. The quantitative estimate of drug-likeness (QED) is 0.198. The summed E-state index contributed by atoms with van der Waals surface area (Å²) in [5.74, 6) is 0.628. The van der Waals surface area contributed by atoms with Crippen molar-refractivity contribution >= 4 is 39.8 Å². The molecule has 1 atom stereocenters. The van der Waals surface area contributed by atoms with Crippen molar-refractivity contribution in [1.29, 1.82) is 0 Å². The van der Waals surface area contributed by atoms with Crippen LogP contribution < -0.4 is 20.9 Å². The van der Waals surface area contributed by atoms with Gasteiger partial charge in [0.25, 0.3) is 11.5 Å². The molecule has 7 heteroatoms. The zero-order chi connectivity index (χ0) is 29.1. The number of pyridine rings is 1. The molecule has 5 aromatic rings. The van der Waals surface area contributed by atoms with Crippen molar-refractivity contribution < 1.29 is 9.53 Å². The average molecular weight is 578 g/mol. The van der Waals surface area contributed by atoms with Crippen LogP contribution in [0.25, 0.3) is 10.9 Å². The lowest BCUT2D eigenvalue weighted by atomic mass is 10.0. The SMILES string of the molecule is COc1ccc(CCNc2cccc3c2cc(C(=O)Nc2ccccc2)c(=O)n3CC2Cc3ccc(Cl)cc3C2)cc1. The number of hydrogen-bond acceptors (Lipinski definition) is 4. The Kier molecular flexibility index (Phi) is 7.97. The van der Waals surface area contributed by atoms with Crippen LogP contribution in [-0.4, -0.2) is 24.1 Å². The van der Waals surface area contributed by atoms with Crippen molar-refractivity contribution in [3.05, 3.63) is 135 Å². The number of hydrogen-bond donors (Lipinski definition) is 2. The van der Waals surface area contributed by atoms with Gasteiger partial charge in [-0.2, -0.15) is 0 Å². The summed E-state index contributed by atoms with van der Waals surface area (Å²) >= 11 is 6.26. The van der Waals surface area contributed by atoms with Gasteiger partial charge >= 0.3 is 0 Å². The number of aromatic nitrogens is 1. The highest BCUT2D eigenvalue weighted by Crippen LogP contribution is 2.31. The number of rotatable bonds is 9. The number of amides is 1. The highest BCUT2D eigenvalue weighted by molar-refractivity contribution is 6.30. The molecule has 1 amide bonds. The molecule has 0 saturated heterocycles. The van der Waals surface area contributed by atoms with Gasteiger partial charge in [0.1, 0.15) is 11.3 Å². The predicted octanol–water partition coefficient (Wildman–Crippen LogP) is 6.99. The van der Waals surface area contributed by atoms with E-state index >= 15 is 0 Å². The number of methoxy groups -OCH3 is 1. The number of nitrogens with one attached hydrogen (secondary N) is 2. The Bertz CT molecular complexity index is 1800. The van der Waals surface area contributed by atoms with Gasteiger partial charge in [-0.05, 0) is 96.5 Å². The Labute approximate surface area is 249 Å². The van der Waals surface area contributed by atoms with Crippen LogP contribution >= 0.6 is 11.6 Å². The number of para-hydroxylation sites is 1. The first-order chi connectivity index (χ1) is 20.5. The molecule has 0 radical (unpaired) electrons. The van der Waals surface area contributed by atoms with Gasteiger partial charge in [-0.25, -0.2) is 0 Å². The standard InChI is InChI=1S/C35H32ClN3O3/c1-42-29-14-10-23(11-15-29)16-17-37-32-8-5-9-33-30(32)21-31(34(40)38-28-6-3-2-4-7-28)35(41)39(33)22-24-18-25-12-13-27(36)20-26(25)19-24/h2-15,20-21,24,37H,16-19,22H2,1H3,(H,38,40). The van der Waals surface area contributed by atoms with E-state index in [-0.39, 0.29) is 17.0 Å². The number of carbonyl (C=O) groups is 1. The van der Waals surface area contributed by atoms with Crippen molar-refractivity contribution in [3.63, 3.8) is 0 Å². The molecule has 1 heterocycles. The minimum absolute atomic E-state index is 0.120. The Balaban J connectivity index is 1.33. The fraction of sp³-hybridized carbons (Fsp3) is 0.200. The molecule has 0 bridgehead atoms. The third-order valence-electron chi connectivity index (χ3n) is 7.93. The number of halogens is 1. The van der Waals surface area contributed by atoms with Gasteiger partial charge < -0.3 is 19.9 Å². The van der Waals surface area contributed by atoms with E-state index in [4.69, 9.17) is 16.3 Å². The molecule has 42 heavy (non-hydrogen) atoms. The summed E-state index contributed by atoms with van der Waals surface area (Å²) in [6, 6.07) is 30.9. The number of fused-ring (bicyclic) bond motifs is 2. The summed E-state index contributed by atoms with van der Waals surface area (Å²) in [5, 5.41) is 8.01. The molecule has 0 saturated carbocycles. The lowest BCUT2D eigenvalue weighted by molar-refractivity contribution is 0.102. The smallest absolute Gasteiger partial charge is 0.263 e. The van der Waals surface area contributed by atoms with Crippen LogP contribution in [0.4, 0.5) is 11.4 Å². The van der Waals surface area contributed by atoms with Crippen molar-refractivity contribution in [3.8, 4) is 5.75 Å². The number of ether oxygens (including phenoxy) is 1. The summed E-state index contributed by atoms with van der Waals surface area (Å²) in [4.78, 5) is 27.4. The number of anilines is 2. The molecule has 1 unspecified atom stereocenters. The zero-order valence-electron chi connectivity index (χ0n) is 23.4. The molecular formula is C35H32ClN3O3. The van der Waals surface area contributed by atoms with Gasteiger partial charge in [0.15, 0.2) is 0 Å². The van der Waals surface area contributed by atoms with Crippen LogP contribution in [0, 0.1) is 5.92 Å². The van der Waals surface area contributed by atoms with Crippen molar-refractivity contribution in [2.45, 2.75) is 25.8 Å². The van der Waals surface area contributed by atoms with E-state index in [0.29, 0.717) is 18.8 Å². The average Bonchev–Trinajstić information content (AvgIpc) is 3.41. The fourth-order valence-electron chi connectivity index (χ4n) is 5.82. The lowest BCUT2D eigenvalue weighted by Gasteiger charge is -2.19. The molecule has 1 aliphatic carbocycles. The van der Waals surface area contributed by atoms with Crippen LogP contribution in [-0.2, 0) is 25.8 Å². The molecular weight excluding hydrogens is 546 g/mol. The molecule has 1 aliphatic rings. The zero-order valence-corrected chi connectivity index (χ0v) is 24.2. The van der Waals surface area contributed by atoms with E-state index in [1.807, 2.05) is 72.8 Å². The molecule has 4 aromatic carbocycles. The number of nitrogens with zero attached hydrogens (tertiary/aromatic N) is 1. The van der Waals surface area contributed by atoms with Crippen molar-refractivity contribution in [2.75, 3.05) is 24.3 Å². The summed E-state index contributed by atoms with van der Waals surface area (Å²) in [6.07, 6.45) is 2.51. The second-order valence-corrected chi connectivity index (χ2v) is 11.2. The largest absolute Gasteiger partial charge is 0.497 e. The maximum atomic E-state index is 13.9. The first-order valence-electron chi connectivity index (χ1n) is 14.2. The van der Waals surface area contributed by atoms with Gasteiger partial charge in [0.05, 0.1) is 12.6 Å². The third-order valence-corrected chi connectivity index (χ3v) is 8.16. The minimum atomic E-state index is -0.420. The Morgan fingerprint density at radius 2 is 1.71 bits per heavy atom. The van der Waals surface area contributed by atoms with Gasteiger partial charge in [-0.3, -0.25) is 9.59 Å². The van der Waals surface area contributed by atoms with Crippen LogP contribution in [0.15, 0.2) is 102 Å². The lowest BCUT2D eigenvalue weighted by Crippen LogP contribution is -2.31. The molecule has 0 fully saturated rings. The van der Waals surface area contributed by atoms with Gasteiger partial charge in [-0.1, -0.05) is 54.1 Å². The Morgan fingerprint density at radius 3 is 2.50 bits per heavy atom. The second kappa shape index (κ2) is 12.1. The van der Waals surface area contributed by atoms with Crippen molar-refractivity contribution in [2.24, 2.45) is 5.92 Å². The maximum absolute atomic E-state index is 13.9. The highest BCUT2D eigenvalue weighted by atomic mass is 35.5. The van der Waals surface area contributed by atoms with E-state index in [0.717, 1.165) is 46.6 Å². The molecule has 6 rings (SSSR count). The summed E-state index contributed by atoms with van der Waals surface area (Å²) < 4.78 is 7.05. The minimum Gasteiger partial charge on any atom is -0.497 e. The molecule has 6 nitrogen and oxygen atoms in total. The van der Waals surface area contributed by atoms with E-state index in [1.54, 1.807) is 17.7 Å². The van der Waals surface area contributed by atoms with E-state index < -0.39 is 5.91 Å². The van der Waals surface area contributed by atoms with Crippen LogP contribution in [0.2, 0.25) is 5.02 Å². The monoisotopic (exact) mass is 577 g/mol. The predicted molar refractivity (Wildman–Crippen MR) is 170 cm³/mol. The Hall–Kier alpha value is -4.55. The van der Waals surface area contributed by atoms with Crippen LogP contribution in [0.1, 0.15) is 27.0 Å². The number of benzene rings is 4. The topological polar surface area (TPSA) is 72.4 Å². The third kappa shape index (κ3) is 5.90. The first kappa shape index (κ1) is 27.6. The van der Waals surface area contributed by atoms with E-state index in [2.05, 4.69) is 28.8 Å². The van der Waals surface area contributed by atoms with Crippen LogP contribution in [0.5, 0.6) is 5.75 Å². The van der Waals surface area contributed by atoms with Crippen molar-refractivity contribution in [1.82, 2.24) is 4.57 Å². The summed E-state index contributed by atoms with van der Waals surface area (Å²) in [6.45, 7) is 1.19. The number of carbonyl (C=O) groups excluding carboxylic acids is 1. The van der Waals surface area contributed by atoms with Gasteiger partial charge in [-0.15, -0.1) is 0 Å². The Morgan fingerprint density at radius 1 is 0.929 bits per heavy atom. The molecule has 2 N–H and O–H groups in total. The van der Waals surface area contributed by atoms with Gasteiger partial charge in [0, 0.05) is 34.9 Å². The van der Waals surface area contributed by atoms with E-state index in [9.17, 15) is 9.59 Å². The molecule has 0 aliphatic heterocycles. The highest BCUT2D eigenvalue weighted by Gasteiger charge is 2.25. The summed E-state index contributed by atoms with van der Waals surface area (Å²) in [5.41, 5.74) is 5.83. The van der Waals surface area contributed by atoms with Crippen LogP contribution in [0.3, 0.4) is 0 Å². The normalized spacial score (nSPS) is 14.0. The van der Waals surface area contributed by atoms with E-state index in [1.165, 1.54) is 16.7 Å². The second-order valence-electron chi connectivity index (χ2n) is 10.7. The fourth-order valence-corrected chi connectivity index (χ4v) is 6.01. The molecule has 212 valence electrons.